The summed E-state index contributed by atoms with van der Waals surface area (Å²) in [6.07, 6.45) is 5.44. The molecule has 1 amide bonds. The van der Waals surface area contributed by atoms with Crippen molar-refractivity contribution in [3.05, 3.63) is 65.8 Å². The Balaban J connectivity index is 1.24. The fraction of sp³-hybridized carbons (Fsp3) is 0.333. The van der Waals surface area contributed by atoms with Crippen molar-refractivity contribution in [3.63, 3.8) is 0 Å². The molecule has 1 aliphatic rings. The van der Waals surface area contributed by atoms with Gasteiger partial charge in [0.15, 0.2) is 0 Å². The Bertz CT molecular complexity index is 917. The van der Waals surface area contributed by atoms with Crippen LogP contribution in [0.25, 0.3) is 11.4 Å². The van der Waals surface area contributed by atoms with Gasteiger partial charge in [-0.05, 0) is 36.6 Å². The summed E-state index contributed by atoms with van der Waals surface area (Å²) in [6, 6.07) is 12.0. The van der Waals surface area contributed by atoms with E-state index in [2.05, 4.69) is 15.1 Å². The van der Waals surface area contributed by atoms with Gasteiger partial charge in [0.05, 0.1) is 0 Å². The SMILES string of the molecule is Cc1ccccc1-c1noc(CCCC(=O)N2CC(c3ccncc3)C2)n1. The predicted molar refractivity (Wildman–Crippen MR) is 101 cm³/mol. The van der Waals surface area contributed by atoms with Crippen LogP contribution in [0.2, 0.25) is 0 Å². The average molecular weight is 362 g/mol. The van der Waals surface area contributed by atoms with E-state index in [0.29, 0.717) is 36.9 Å². The molecule has 1 aromatic carbocycles. The Kier molecular flexibility index (Phi) is 4.96. The third-order valence-electron chi connectivity index (χ3n) is 5.05. The van der Waals surface area contributed by atoms with E-state index < -0.39 is 0 Å². The van der Waals surface area contributed by atoms with Gasteiger partial charge in [-0.2, -0.15) is 4.98 Å². The van der Waals surface area contributed by atoms with Crippen LogP contribution in [0.3, 0.4) is 0 Å². The highest BCUT2D eigenvalue weighted by Gasteiger charge is 2.31. The molecule has 138 valence electrons. The molecule has 6 heteroatoms. The van der Waals surface area contributed by atoms with Crippen molar-refractivity contribution in [1.29, 1.82) is 0 Å². The van der Waals surface area contributed by atoms with Crippen LogP contribution in [0.4, 0.5) is 0 Å². The summed E-state index contributed by atoms with van der Waals surface area (Å²) in [5.74, 6) is 1.82. The predicted octanol–water partition coefficient (Wildman–Crippen LogP) is 3.39. The molecule has 3 aromatic rings. The first-order chi connectivity index (χ1) is 13.2. The Morgan fingerprint density at radius 1 is 1.19 bits per heavy atom. The smallest absolute Gasteiger partial charge is 0.226 e. The lowest BCUT2D eigenvalue weighted by molar-refractivity contribution is -0.135. The second kappa shape index (κ2) is 7.70. The van der Waals surface area contributed by atoms with Crippen molar-refractivity contribution in [2.45, 2.75) is 32.1 Å². The molecule has 27 heavy (non-hydrogen) atoms. The second-order valence-corrected chi connectivity index (χ2v) is 6.96. The van der Waals surface area contributed by atoms with Crippen LogP contribution < -0.4 is 0 Å². The number of carbonyl (C=O) groups excluding carboxylic acids is 1. The van der Waals surface area contributed by atoms with E-state index in [1.807, 2.05) is 48.2 Å². The molecule has 0 aliphatic carbocycles. The molecule has 0 N–H and O–H groups in total. The lowest BCUT2D eigenvalue weighted by atomic mass is 9.92. The van der Waals surface area contributed by atoms with Crippen LogP contribution in [-0.4, -0.2) is 39.0 Å². The molecular weight excluding hydrogens is 340 g/mol. The molecular formula is C21H22N4O2. The summed E-state index contributed by atoms with van der Waals surface area (Å²) < 4.78 is 5.34. The van der Waals surface area contributed by atoms with Crippen LogP contribution in [0.5, 0.6) is 0 Å². The Labute approximate surface area is 158 Å². The third kappa shape index (κ3) is 3.89. The van der Waals surface area contributed by atoms with Crippen molar-refractivity contribution in [2.75, 3.05) is 13.1 Å². The highest BCUT2D eigenvalue weighted by molar-refractivity contribution is 5.77. The van der Waals surface area contributed by atoms with Crippen LogP contribution in [0.15, 0.2) is 53.3 Å². The fourth-order valence-corrected chi connectivity index (χ4v) is 3.37. The Hall–Kier alpha value is -3.02. The number of hydrogen-bond acceptors (Lipinski definition) is 5. The molecule has 2 aromatic heterocycles. The van der Waals surface area contributed by atoms with E-state index in [9.17, 15) is 4.79 Å². The molecule has 3 heterocycles. The van der Waals surface area contributed by atoms with Crippen molar-refractivity contribution in [1.82, 2.24) is 20.0 Å². The minimum Gasteiger partial charge on any atom is -0.341 e. The maximum Gasteiger partial charge on any atom is 0.226 e. The van der Waals surface area contributed by atoms with Gasteiger partial charge in [-0.15, -0.1) is 0 Å². The lowest BCUT2D eigenvalue weighted by Gasteiger charge is -2.39. The van der Waals surface area contributed by atoms with E-state index >= 15 is 0 Å². The topological polar surface area (TPSA) is 72.1 Å². The number of aromatic nitrogens is 3. The van der Waals surface area contributed by atoms with E-state index in [4.69, 9.17) is 4.52 Å². The molecule has 4 rings (SSSR count). The zero-order valence-corrected chi connectivity index (χ0v) is 15.3. The summed E-state index contributed by atoms with van der Waals surface area (Å²) in [5.41, 5.74) is 3.34. The van der Waals surface area contributed by atoms with E-state index in [1.54, 1.807) is 12.4 Å². The summed E-state index contributed by atoms with van der Waals surface area (Å²) in [4.78, 5) is 22.7. The average Bonchev–Trinajstić information content (AvgIpc) is 3.10. The first-order valence-corrected chi connectivity index (χ1v) is 9.27. The molecule has 0 saturated carbocycles. The minimum absolute atomic E-state index is 0.193. The van der Waals surface area contributed by atoms with Gasteiger partial charge >= 0.3 is 0 Å². The molecule has 1 aliphatic heterocycles. The molecule has 0 radical (unpaired) electrons. The molecule has 6 nitrogen and oxygen atoms in total. The summed E-state index contributed by atoms with van der Waals surface area (Å²) in [6.45, 7) is 3.61. The number of hydrogen-bond donors (Lipinski definition) is 0. The van der Waals surface area contributed by atoms with Gasteiger partial charge in [-0.1, -0.05) is 29.4 Å². The lowest BCUT2D eigenvalue weighted by Crippen LogP contribution is -2.48. The van der Waals surface area contributed by atoms with Crippen molar-refractivity contribution < 1.29 is 9.32 Å². The number of pyridine rings is 1. The zero-order valence-electron chi connectivity index (χ0n) is 15.3. The second-order valence-electron chi connectivity index (χ2n) is 6.96. The maximum atomic E-state index is 12.3. The molecule has 1 fully saturated rings. The molecule has 0 spiro atoms. The third-order valence-corrected chi connectivity index (χ3v) is 5.05. The summed E-state index contributed by atoms with van der Waals surface area (Å²) >= 11 is 0. The molecule has 0 bridgehead atoms. The van der Waals surface area contributed by atoms with Gasteiger partial charge in [-0.3, -0.25) is 9.78 Å². The van der Waals surface area contributed by atoms with Gasteiger partial charge < -0.3 is 9.42 Å². The monoisotopic (exact) mass is 362 g/mol. The minimum atomic E-state index is 0.193. The van der Waals surface area contributed by atoms with Crippen LogP contribution in [-0.2, 0) is 11.2 Å². The van der Waals surface area contributed by atoms with Gasteiger partial charge in [0.1, 0.15) is 0 Å². The summed E-state index contributed by atoms with van der Waals surface area (Å²) in [7, 11) is 0. The molecule has 0 unspecified atom stereocenters. The highest BCUT2D eigenvalue weighted by Crippen LogP contribution is 2.27. The number of rotatable bonds is 6. The van der Waals surface area contributed by atoms with Gasteiger partial charge in [0, 0.05) is 49.8 Å². The normalized spacial score (nSPS) is 14.2. The first kappa shape index (κ1) is 17.4. The first-order valence-electron chi connectivity index (χ1n) is 9.27. The summed E-state index contributed by atoms with van der Waals surface area (Å²) in [5, 5.41) is 4.06. The number of carbonyl (C=O) groups is 1. The van der Waals surface area contributed by atoms with Crippen LogP contribution in [0, 0.1) is 6.92 Å². The largest absolute Gasteiger partial charge is 0.341 e. The van der Waals surface area contributed by atoms with Crippen molar-refractivity contribution in [3.8, 4) is 11.4 Å². The zero-order chi connectivity index (χ0) is 18.6. The Morgan fingerprint density at radius 2 is 1.96 bits per heavy atom. The number of likely N-dealkylation sites (tertiary alicyclic amines) is 1. The quantitative estimate of drug-likeness (QED) is 0.672. The standard InChI is InChI=1S/C21H22N4O2/c1-15-5-2-3-6-18(15)21-23-19(27-24-21)7-4-8-20(26)25-13-17(14-25)16-9-11-22-12-10-16/h2-3,5-6,9-12,17H,4,7-8,13-14H2,1H3. The fourth-order valence-electron chi connectivity index (χ4n) is 3.37. The van der Waals surface area contributed by atoms with Crippen molar-refractivity contribution >= 4 is 5.91 Å². The molecule has 0 atom stereocenters. The van der Waals surface area contributed by atoms with Crippen LogP contribution in [0.1, 0.15) is 35.8 Å². The number of benzene rings is 1. The highest BCUT2D eigenvalue weighted by atomic mass is 16.5. The van der Waals surface area contributed by atoms with Crippen LogP contribution >= 0.6 is 0 Å². The van der Waals surface area contributed by atoms with E-state index in [-0.39, 0.29) is 5.91 Å². The number of amides is 1. The Morgan fingerprint density at radius 3 is 2.74 bits per heavy atom. The van der Waals surface area contributed by atoms with Gasteiger partial charge in [0.25, 0.3) is 0 Å². The van der Waals surface area contributed by atoms with Gasteiger partial charge in [0.2, 0.25) is 17.6 Å². The van der Waals surface area contributed by atoms with Crippen molar-refractivity contribution in [2.24, 2.45) is 0 Å². The number of aryl methyl sites for hydroxylation is 2. The van der Waals surface area contributed by atoms with E-state index in [1.165, 1.54) is 5.56 Å². The van der Waals surface area contributed by atoms with Gasteiger partial charge in [-0.25, -0.2) is 0 Å². The number of nitrogens with zero attached hydrogens (tertiary/aromatic N) is 4. The molecule has 1 saturated heterocycles. The maximum absolute atomic E-state index is 12.3. The van der Waals surface area contributed by atoms with E-state index in [0.717, 1.165) is 24.2 Å².